The fourth-order valence-corrected chi connectivity index (χ4v) is 2.17. The Balaban J connectivity index is 2.12. The van der Waals surface area contributed by atoms with Gasteiger partial charge in [-0.05, 0) is 44.7 Å². The maximum atomic E-state index is 11.3. The Kier molecular flexibility index (Phi) is 3.81. The lowest BCUT2D eigenvalue weighted by Crippen LogP contribution is -2.32. The smallest absolute Gasteiger partial charge is 0.254 e. The number of aromatic nitrogens is 1. The van der Waals surface area contributed by atoms with E-state index >= 15 is 0 Å². The van der Waals surface area contributed by atoms with E-state index in [2.05, 4.69) is 4.98 Å². The van der Waals surface area contributed by atoms with Gasteiger partial charge in [-0.15, -0.1) is 0 Å². The first kappa shape index (κ1) is 12.8. The molecule has 4 N–H and O–H groups in total. The summed E-state index contributed by atoms with van der Waals surface area (Å²) in [6.07, 6.45) is 3.77. The van der Waals surface area contributed by atoms with Crippen LogP contribution in [-0.4, -0.2) is 23.0 Å². The molecular formula is C13H19N3O2. The van der Waals surface area contributed by atoms with Gasteiger partial charge in [-0.1, -0.05) is 0 Å². The fourth-order valence-electron chi connectivity index (χ4n) is 2.17. The van der Waals surface area contributed by atoms with Crippen LogP contribution in [0.5, 0.6) is 5.88 Å². The highest BCUT2D eigenvalue weighted by atomic mass is 16.5. The molecule has 0 unspecified atom stereocenters. The molecule has 18 heavy (non-hydrogen) atoms. The molecule has 1 amide bonds. The maximum absolute atomic E-state index is 11.3. The molecule has 5 heteroatoms. The predicted molar refractivity (Wildman–Crippen MR) is 68.4 cm³/mol. The first-order valence-electron chi connectivity index (χ1n) is 6.26. The molecule has 1 aliphatic carbocycles. The van der Waals surface area contributed by atoms with E-state index in [1.54, 1.807) is 12.1 Å². The number of ether oxygens (including phenoxy) is 1. The molecule has 0 radical (unpaired) electrons. The second-order valence-corrected chi connectivity index (χ2v) is 4.82. The van der Waals surface area contributed by atoms with Gasteiger partial charge in [-0.3, -0.25) is 4.79 Å². The van der Waals surface area contributed by atoms with Gasteiger partial charge < -0.3 is 16.2 Å². The van der Waals surface area contributed by atoms with Crippen molar-refractivity contribution in [1.82, 2.24) is 4.98 Å². The fraction of sp³-hybridized carbons (Fsp3) is 0.538. The normalized spacial score (nSPS) is 23.7. The number of carbonyl (C=O) groups is 1. The molecule has 0 spiro atoms. The topological polar surface area (TPSA) is 91.2 Å². The van der Waals surface area contributed by atoms with Crippen molar-refractivity contribution in [3.05, 3.63) is 23.4 Å². The lowest BCUT2D eigenvalue weighted by atomic mass is 9.94. The van der Waals surface area contributed by atoms with Crippen LogP contribution in [0.1, 0.15) is 41.7 Å². The third kappa shape index (κ3) is 2.98. The van der Waals surface area contributed by atoms with Gasteiger partial charge in [0.25, 0.3) is 5.91 Å². The predicted octanol–water partition coefficient (Wildman–Crippen LogP) is 1.14. The Labute approximate surface area is 107 Å². The first-order valence-corrected chi connectivity index (χ1v) is 6.26. The molecule has 1 aromatic rings. The Morgan fingerprint density at radius 1 is 1.33 bits per heavy atom. The van der Waals surface area contributed by atoms with Crippen molar-refractivity contribution >= 4 is 5.91 Å². The number of primary amides is 1. The van der Waals surface area contributed by atoms with Crippen molar-refractivity contribution in [2.75, 3.05) is 0 Å². The summed E-state index contributed by atoms with van der Waals surface area (Å²) in [4.78, 5) is 15.6. The number of amides is 1. The summed E-state index contributed by atoms with van der Waals surface area (Å²) in [5, 5.41) is 0. The minimum Gasteiger partial charge on any atom is -0.474 e. The van der Waals surface area contributed by atoms with E-state index in [9.17, 15) is 4.79 Å². The number of nitrogens with two attached hydrogens (primary N) is 2. The molecule has 1 saturated carbocycles. The summed E-state index contributed by atoms with van der Waals surface area (Å²) >= 11 is 0. The molecule has 2 rings (SSSR count). The van der Waals surface area contributed by atoms with Crippen LogP contribution in [0.3, 0.4) is 0 Å². The van der Waals surface area contributed by atoms with E-state index in [4.69, 9.17) is 16.2 Å². The Morgan fingerprint density at radius 2 is 2.00 bits per heavy atom. The Bertz CT molecular complexity index is 440. The highest BCUT2D eigenvalue weighted by Crippen LogP contribution is 2.24. The van der Waals surface area contributed by atoms with Crippen molar-refractivity contribution in [3.63, 3.8) is 0 Å². The molecule has 0 bridgehead atoms. The Morgan fingerprint density at radius 3 is 2.61 bits per heavy atom. The number of pyridine rings is 1. The molecule has 1 heterocycles. The number of hydrogen-bond acceptors (Lipinski definition) is 4. The maximum Gasteiger partial charge on any atom is 0.254 e. The third-order valence-electron chi connectivity index (χ3n) is 3.26. The average Bonchev–Trinajstić information content (AvgIpc) is 2.32. The number of rotatable bonds is 3. The van der Waals surface area contributed by atoms with Crippen LogP contribution in [0.2, 0.25) is 0 Å². The minimum atomic E-state index is -0.509. The zero-order valence-corrected chi connectivity index (χ0v) is 10.6. The van der Waals surface area contributed by atoms with Gasteiger partial charge in [0, 0.05) is 11.7 Å². The average molecular weight is 249 g/mol. The summed E-state index contributed by atoms with van der Waals surface area (Å²) in [6.45, 7) is 1.86. The van der Waals surface area contributed by atoms with Gasteiger partial charge in [0.2, 0.25) is 5.88 Å². The Hall–Kier alpha value is -1.62. The first-order chi connectivity index (χ1) is 8.56. The van der Waals surface area contributed by atoms with Crippen LogP contribution in [0.15, 0.2) is 12.1 Å². The highest BCUT2D eigenvalue weighted by Gasteiger charge is 2.22. The highest BCUT2D eigenvalue weighted by molar-refractivity contribution is 5.95. The second kappa shape index (κ2) is 5.35. The summed E-state index contributed by atoms with van der Waals surface area (Å²) in [6, 6.07) is 3.68. The molecule has 1 aliphatic rings. The number of hydrogen-bond donors (Lipinski definition) is 2. The summed E-state index contributed by atoms with van der Waals surface area (Å²) < 4.78 is 5.81. The van der Waals surface area contributed by atoms with E-state index in [-0.39, 0.29) is 12.1 Å². The standard InChI is InChI=1S/C13H19N3O2/c1-8-2-7-11(12(15)17)13(16-8)18-10-5-3-9(14)4-6-10/h2,7,9-10H,3-6,14H2,1H3,(H2,15,17). The van der Waals surface area contributed by atoms with Crippen molar-refractivity contribution in [3.8, 4) is 5.88 Å². The van der Waals surface area contributed by atoms with Gasteiger partial charge in [-0.25, -0.2) is 4.98 Å². The van der Waals surface area contributed by atoms with E-state index in [0.29, 0.717) is 11.4 Å². The molecule has 1 aromatic heterocycles. The molecule has 0 aromatic carbocycles. The number of nitrogens with zero attached hydrogens (tertiary/aromatic N) is 1. The lowest BCUT2D eigenvalue weighted by molar-refractivity contribution is 0.0983. The number of aryl methyl sites for hydroxylation is 1. The van der Waals surface area contributed by atoms with E-state index in [0.717, 1.165) is 31.4 Å². The van der Waals surface area contributed by atoms with Crippen LogP contribution < -0.4 is 16.2 Å². The lowest BCUT2D eigenvalue weighted by Gasteiger charge is -2.26. The van der Waals surface area contributed by atoms with Crippen molar-refractivity contribution in [2.45, 2.75) is 44.8 Å². The van der Waals surface area contributed by atoms with Crippen molar-refractivity contribution in [1.29, 1.82) is 0 Å². The van der Waals surface area contributed by atoms with Gasteiger partial charge in [0.1, 0.15) is 11.7 Å². The monoisotopic (exact) mass is 249 g/mol. The van der Waals surface area contributed by atoms with Gasteiger partial charge in [0.05, 0.1) is 0 Å². The van der Waals surface area contributed by atoms with Crippen LogP contribution in [0.25, 0.3) is 0 Å². The summed E-state index contributed by atoms with van der Waals surface area (Å²) in [5.41, 5.74) is 12.3. The molecule has 0 aliphatic heterocycles. The van der Waals surface area contributed by atoms with Gasteiger partial charge in [0.15, 0.2) is 0 Å². The van der Waals surface area contributed by atoms with Gasteiger partial charge in [-0.2, -0.15) is 0 Å². The third-order valence-corrected chi connectivity index (χ3v) is 3.26. The van der Waals surface area contributed by atoms with Crippen molar-refractivity contribution in [2.24, 2.45) is 11.5 Å². The quantitative estimate of drug-likeness (QED) is 0.840. The van der Waals surface area contributed by atoms with Gasteiger partial charge >= 0.3 is 0 Å². The molecular weight excluding hydrogens is 230 g/mol. The zero-order valence-electron chi connectivity index (χ0n) is 10.6. The van der Waals surface area contributed by atoms with Crippen LogP contribution in [-0.2, 0) is 0 Å². The SMILES string of the molecule is Cc1ccc(C(N)=O)c(OC2CCC(N)CC2)n1. The van der Waals surface area contributed by atoms with Crippen LogP contribution in [0.4, 0.5) is 0 Å². The molecule has 0 saturated heterocycles. The summed E-state index contributed by atoms with van der Waals surface area (Å²) in [5.74, 6) is -0.159. The number of carbonyl (C=O) groups excluding carboxylic acids is 1. The van der Waals surface area contributed by atoms with Crippen LogP contribution in [0, 0.1) is 6.92 Å². The molecule has 5 nitrogen and oxygen atoms in total. The summed E-state index contributed by atoms with van der Waals surface area (Å²) in [7, 11) is 0. The van der Waals surface area contributed by atoms with E-state index in [1.807, 2.05) is 6.92 Å². The van der Waals surface area contributed by atoms with Crippen molar-refractivity contribution < 1.29 is 9.53 Å². The zero-order chi connectivity index (χ0) is 13.1. The largest absolute Gasteiger partial charge is 0.474 e. The minimum absolute atomic E-state index is 0.0807. The second-order valence-electron chi connectivity index (χ2n) is 4.82. The van der Waals surface area contributed by atoms with Crippen LogP contribution >= 0.6 is 0 Å². The van der Waals surface area contributed by atoms with E-state index < -0.39 is 5.91 Å². The molecule has 1 fully saturated rings. The molecule has 98 valence electrons. The van der Waals surface area contributed by atoms with E-state index in [1.165, 1.54) is 0 Å². The molecule has 0 atom stereocenters.